The second-order valence-corrected chi connectivity index (χ2v) is 4.84. The van der Waals surface area contributed by atoms with Crippen LogP contribution < -0.4 is 11.1 Å². The average molecular weight is 272 g/mol. The summed E-state index contributed by atoms with van der Waals surface area (Å²) in [4.78, 5) is 11.1. The van der Waals surface area contributed by atoms with Crippen LogP contribution in [0.1, 0.15) is 27.0 Å². The van der Waals surface area contributed by atoms with E-state index in [9.17, 15) is 9.18 Å². The number of rotatable bonds is 4. The number of anilines is 1. The molecule has 0 saturated heterocycles. The quantitative estimate of drug-likeness (QED) is 0.898. The summed E-state index contributed by atoms with van der Waals surface area (Å²) in [5.41, 5.74) is 9.00. The normalized spacial score (nSPS) is 10.3. The Bertz CT molecular complexity index is 653. The molecule has 2 rings (SSSR count). The summed E-state index contributed by atoms with van der Waals surface area (Å²) >= 11 is 0. The van der Waals surface area contributed by atoms with Gasteiger partial charge >= 0.3 is 0 Å². The van der Waals surface area contributed by atoms with E-state index in [-0.39, 0.29) is 5.82 Å². The van der Waals surface area contributed by atoms with Gasteiger partial charge in [0.25, 0.3) is 0 Å². The molecule has 3 N–H and O–H groups in total. The standard InChI is InChI=1S/C16H17FN2O/c1-10-3-6-15(14(17)7-10)19-9-13-5-4-12(16(18)20)8-11(13)2/h3-8,19H,9H2,1-2H3,(H2,18,20). The van der Waals surface area contributed by atoms with Gasteiger partial charge in [0.2, 0.25) is 5.91 Å². The summed E-state index contributed by atoms with van der Waals surface area (Å²) in [7, 11) is 0. The van der Waals surface area contributed by atoms with E-state index < -0.39 is 5.91 Å². The van der Waals surface area contributed by atoms with Crippen LogP contribution in [0.15, 0.2) is 36.4 Å². The molecule has 0 bridgehead atoms. The van der Waals surface area contributed by atoms with Gasteiger partial charge in [-0.1, -0.05) is 12.1 Å². The zero-order valence-corrected chi connectivity index (χ0v) is 11.5. The molecule has 2 aromatic rings. The maximum Gasteiger partial charge on any atom is 0.248 e. The summed E-state index contributed by atoms with van der Waals surface area (Å²) in [5.74, 6) is -0.714. The van der Waals surface area contributed by atoms with E-state index >= 15 is 0 Å². The fourth-order valence-corrected chi connectivity index (χ4v) is 2.00. The Balaban J connectivity index is 2.13. The number of hydrogen-bond acceptors (Lipinski definition) is 2. The Morgan fingerprint density at radius 2 is 1.95 bits per heavy atom. The van der Waals surface area contributed by atoms with Crippen LogP contribution in [0, 0.1) is 19.7 Å². The highest BCUT2D eigenvalue weighted by Gasteiger charge is 2.06. The van der Waals surface area contributed by atoms with E-state index in [2.05, 4.69) is 5.32 Å². The van der Waals surface area contributed by atoms with Gasteiger partial charge in [-0.2, -0.15) is 0 Å². The fraction of sp³-hybridized carbons (Fsp3) is 0.188. The van der Waals surface area contributed by atoms with E-state index in [0.29, 0.717) is 17.8 Å². The van der Waals surface area contributed by atoms with E-state index in [4.69, 9.17) is 5.73 Å². The minimum absolute atomic E-state index is 0.267. The summed E-state index contributed by atoms with van der Waals surface area (Å²) in [6, 6.07) is 10.3. The fourth-order valence-electron chi connectivity index (χ4n) is 2.00. The molecule has 0 saturated carbocycles. The van der Waals surface area contributed by atoms with Gasteiger partial charge in [0.05, 0.1) is 5.69 Å². The predicted molar refractivity (Wildman–Crippen MR) is 78.2 cm³/mol. The van der Waals surface area contributed by atoms with Gasteiger partial charge in [-0.3, -0.25) is 4.79 Å². The molecular formula is C16H17FN2O. The van der Waals surface area contributed by atoms with Crippen LogP contribution >= 0.6 is 0 Å². The Hall–Kier alpha value is -2.36. The zero-order valence-electron chi connectivity index (χ0n) is 11.5. The first kappa shape index (κ1) is 14.1. The van der Waals surface area contributed by atoms with Gasteiger partial charge in [0, 0.05) is 12.1 Å². The molecular weight excluding hydrogens is 255 g/mol. The lowest BCUT2D eigenvalue weighted by Crippen LogP contribution is -2.12. The average Bonchev–Trinajstić information content (AvgIpc) is 2.38. The highest BCUT2D eigenvalue weighted by molar-refractivity contribution is 5.93. The van der Waals surface area contributed by atoms with Gasteiger partial charge in [-0.25, -0.2) is 4.39 Å². The molecule has 20 heavy (non-hydrogen) atoms. The molecule has 0 aliphatic carbocycles. The van der Waals surface area contributed by atoms with Crippen LogP contribution in [0.25, 0.3) is 0 Å². The number of carbonyl (C=O) groups excluding carboxylic acids is 1. The highest BCUT2D eigenvalue weighted by Crippen LogP contribution is 2.18. The smallest absolute Gasteiger partial charge is 0.248 e. The zero-order chi connectivity index (χ0) is 14.7. The number of amides is 1. The van der Waals surface area contributed by atoms with Gasteiger partial charge in [-0.05, 0) is 54.8 Å². The highest BCUT2D eigenvalue weighted by atomic mass is 19.1. The number of halogens is 1. The first-order valence-electron chi connectivity index (χ1n) is 6.36. The summed E-state index contributed by atoms with van der Waals surface area (Å²) < 4.78 is 13.7. The molecule has 0 spiro atoms. The van der Waals surface area contributed by atoms with Crippen molar-refractivity contribution in [2.75, 3.05) is 5.32 Å². The molecule has 4 heteroatoms. The second kappa shape index (κ2) is 5.74. The van der Waals surface area contributed by atoms with Crippen LogP contribution in [0.4, 0.5) is 10.1 Å². The number of nitrogens with one attached hydrogen (secondary N) is 1. The predicted octanol–water partition coefficient (Wildman–Crippen LogP) is 3.15. The lowest BCUT2D eigenvalue weighted by Gasteiger charge is -2.11. The monoisotopic (exact) mass is 272 g/mol. The minimum Gasteiger partial charge on any atom is -0.379 e. The first-order chi connectivity index (χ1) is 9.47. The Morgan fingerprint density at radius 3 is 2.55 bits per heavy atom. The van der Waals surface area contributed by atoms with Crippen LogP contribution in [0.5, 0.6) is 0 Å². The third-order valence-corrected chi connectivity index (χ3v) is 3.22. The van der Waals surface area contributed by atoms with Crippen LogP contribution in [0.2, 0.25) is 0 Å². The molecule has 0 fully saturated rings. The van der Waals surface area contributed by atoms with Gasteiger partial charge in [0.1, 0.15) is 5.82 Å². The number of aryl methyl sites for hydroxylation is 2. The SMILES string of the molecule is Cc1ccc(NCc2ccc(C(N)=O)cc2C)c(F)c1. The van der Waals surface area contributed by atoms with Crippen LogP contribution in [-0.4, -0.2) is 5.91 Å². The lowest BCUT2D eigenvalue weighted by atomic mass is 10.0. The molecule has 0 unspecified atom stereocenters. The molecule has 3 nitrogen and oxygen atoms in total. The van der Waals surface area contributed by atoms with E-state index in [0.717, 1.165) is 16.7 Å². The molecule has 0 atom stereocenters. The third kappa shape index (κ3) is 3.15. The molecule has 0 heterocycles. The van der Waals surface area contributed by atoms with Crippen molar-refractivity contribution in [1.82, 2.24) is 0 Å². The Kier molecular flexibility index (Phi) is 4.03. The van der Waals surface area contributed by atoms with Crippen molar-refractivity contribution in [2.24, 2.45) is 5.73 Å². The van der Waals surface area contributed by atoms with Gasteiger partial charge in [0.15, 0.2) is 0 Å². The molecule has 104 valence electrons. The van der Waals surface area contributed by atoms with Crippen molar-refractivity contribution < 1.29 is 9.18 Å². The van der Waals surface area contributed by atoms with Crippen molar-refractivity contribution in [3.05, 3.63) is 64.5 Å². The Morgan fingerprint density at radius 1 is 1.20 bits per heavy atom. The topological polar surface area (TPSA) is 55.1 Å². The van der Waals surface area contributed by atoms with E-state index in [1.807, 2.05) is 26.0 Å². The molecule has 1 amide bonds. The molecule has 0 aliphatic rings. The minimum atomic E-state index is -0.447. The van der Waals surface area contributed by atoms with Crippen LogP contribution in [0.3, 0.4) is 0 Å². The summed E-state index contributed by atoms with van der Waals surface area (Å²) in [6.45, 7) is 4.24. The molecule has 0 aliphatic heterocycles. The van der Waals surface area contributed by atoms with Crippen molar-refractivity contribution in [3.8, 4) is 0 Å². The van der Waals surface area contributed by atoms with Gasteiger partial charge < -0.3 is 11.1 Å². The number of nitrogens with two attached hydrogens (primary N) is 1. The third-order valence-electron chi connectivity index (χ3n) is 3.22. The van der Waals surface area contributed by atoms with Crippen molar-refractivity contribution in [3.63, 3.8) is 0 Å². The first-order valence-corrected chi connectivity index (χ1v) is 6.36. The molecule has 2 aromatic carbocycles. The van der Waals surface area contributed by atoms with E-state index in [1.165, 1.54) is 6.07 Å². The number of hydrogen-bond donors (Lipinski definition) is 2. The van der Waals surface area contributed by atoms with Crippen molar-refractivity contribution >= 4 is 11.6 Å². The summed E-state index contributed by atoms with van der Waals surface area (Å²) in [5, 5.41) is 3.05. The van der Waals surface area contributed by atoms with Crippen molar-refractivity contribution in [1.29, 1.82) is 0 Å². The van der Waals surface area contributed by atoms with E-state index in [1.54, 1.807) is 18.2 Å². The second-order valence-electron chi connectivity index (χ2n) is 4.84. The lowest BCUT2D eigenvalue weighted by molar-refractivity contribution is 0.1000. The Labute approximate surface area is 117 Å². The van der Waals surface area contributed by atoms with Crippen LogP contribution in [-0.2, 0) is 6.54 Å². The van der Waals surface area contributed by atoms with Crippen molar-refractivity contribution in [2.45, 2.75) is 20.4 Å². The van der Waals surface area contributed by atoms with Gasteiger partial charge in [-0.15, -0.1) is 0 Å². The maximum absolute atomic E-state index is 13.7. The summed E-state index contributed by atoms with van der Waals surface area (Å²) in [6.07, 6.45) is 0. The largest absolute Gasteiger partial charge is 0.379 e. The number of benzene rings is 2. The number of carbonyl (C=O) groups is 1. The number of primary amides is 1. The molecule has 0 radical (unpaired) electrons. The molecule has 0 aromatic heterocycles. The maximum atomic E-state index is 13.7.